The number of ether oxygens (including phenoxy) is 2. The highest BCUT2D eigenvalue weighted by atomic mass is 35.5. The molecule has 180 valence electrons. The van der Waals surface area contributed by atoms with Crippen LogP contribution in [0.1, 0.15) is 30.5 Å². The summed E-state index contributed by atoms with van der Waals surface area (Å²) < 4.78 is 13.8. The van der Waals surface area contributed by atoms with E-state index in [1.54, 1.807) is 28.8 Å². The van der Waals surface area contributed by atoms with Crippen molar-refractivity contribution in [3.8, 4) is 41.2 Å². The van der Waals surface area contributed by atoms with Gasteiger partial charge in [0.1, 0.15) is 16.6 Å². The number of methoxy groups -OCH3 is 2. The zero-order valence-electron chi connectivity index (χ0n) is 19.1. The number of nitrogens with two attached hydrogens (primary N) is 1. The molecule has 0 saturated carbocycles. The second kappa shape index (κ2) is 9.79. The van der Waals surface area contributed by atoms with Crippen LogP contribution in [0.5, 0.6) is 17.5 Å². The van der Waals surface area contributed by atoms with Crippen LogP contribution in [0.15, 0.2) is 12.3 Å². The van der Waals surface area contributed by atoms with E-state index in [0.29, 0.717) is 47.7 Å². The summed E-state index contributed by atoms with van der Waals surface area (Å²) in [6.45, 7) is 2.52. The normalized spacial score (nSPS) is 14.8. The molecule has 0 bridgehead atoms. The van der Waals surface area contributed by atoms with E-state index in [4.69, 9.17) is 38.4 Å². The molecule has 2 aromatic heterocycles. The third-order valence-corrected chi connectivity index (χ3v) is 6.34. The molecule has 0 radical (unpaired) electrons. The molecular weight excluding hydrogens is 495 g/mol. The number of amides is 1. The maximum absolute atomic E-state index is 12.2. The lowest BCUT2D eigenvalue weighted by Gasteiger charge is -2.13. The van der Waals surface area contributed by atoms with Crippen LogP contribution >= 0.6 is 23.2 Å². The molecule has 1 fully saturated rings. The molecule has 1 amide bonds. The molecule has 1 saturated heterocycles. The number of aromatic hydroxyl groups is 1. The summed E-state index contributed by atoms with van der Waals surface area (Å²) in [5.41, 5.74) is 7.21. The Morgan fingerprint density at radius 1 is 1.23 bits per heavy atom. The first-order chi connectivity index (χ1) is 16.8. The van der Waals surface area contributed by atoms with Crippen molar-refractivity contribution in [2.24, 2.45) is 0 Å². The summed E-state index contributed by atoms with van der Waals surface area (Å²) in [7, 11) is 2.94. The quantitative estimate of drug-likeness (QED) is 0.403. The number of fused-ring (bicyclic) bond motifs is 1. The van der Waals surface area contributed by atoms with Crippen molar-refractivity contribution in [3.63, 3.8) is 0 Å². The van der Waals surface area contributed by atoms with Gasteiger partial charge >= 0.3 is 6.01 Å². The summed E-state index contributed by atoms with van der Waals surface area (Å²) in [6.07, 6.45) is 2.35. The number of benzene rings is 1. The monoisotopic (exact) mass is 515 g/mol. The molecule has 10 nitrogen and oxygen atoms in total. The van der Waals surface area contributed by atoms with Gasteiger partial charge in [-0.3, -0.25) is 4.79 Å². The molecule has 3 heterocycles. The molecule has 3 aromatic rings. The van der Waals surface area contributed by atoms with Gasteiger partial charge in [0.05, 0.1) is 47.6 Å². The van der Waals surface area contributed by atoms with Gasteiger partial charge in [0.25, 0.3) is 5.91 Å². The number of halogens is 2. The highest BCUT2D eigenvalue weighted by molar-refractivity contribution is 6.38. The van der Waals surface area contributed by atoms with Gasteiger partial charge in [-0.1, -0.05) is 45.5 Å². The van der Waals surface area contributed by atoms with E-state index in [1.807, 2.05) is 0 Å². The highest BCUT2D eigenvalue weighted by Gasteiger charge is 2.33. The number of nitrogens with zero attached hydrogens (tertiary/aromatic N) is 5. The van der Waals surface area contributed by atoms with E-state index in [1.165, 1.54) is 18.7 Å². The van der Waals surface area contributed by atoms with E-state index in [-0.39, 0.29) is 33.8 Å². The fourth-order valence-electron chi connectivity index (χ4n) is 3.93. The number of nitrogen functional groups attached to an aromatic ring is 1. The Morgan fingerprint density at radius 3 is 2.54 bits per heavy atom. The molecule has 0 spiro atoms. The van der Waals surface area contributed by atoms with Crippen molar-refractivity contribution < 1.29 is 23.9 Å². The predicted octanol–water partition coefficient (Wildman–Crippen LogP) is 1.83. The minimum Gasteiger partial charge on any atom is -0.495 e. The van der Waals surface area contributed by atoms with Gasteiger partial charge < -0.3 is 25.2 Å². The summed E-state index contributed by atoms with van der Waals surface area (Å²) in [5.74, 6) is 11.7. The van der Waals surface area contributed by atoms with Crippen molar-refractivity contribution in [2.75, 3.05) is 33.0 Å². The minimum atomic E-state index is -0.375. The standard InChI is InChI=1S/C23H20Cl2N6O4/c1-4-5-18(32)29-9-8-14(12-29)30-11-13(21-22(26)27-28-23(33)31(21)30)6-7-15-19(24)16(34-2)10-17(35-3)20(15)25/h10-11,14H,8-9,12,26H2,1-3H3/p+1/t14-/m0/s1. The first-order valence-corrected chi connectivity index (χ1v) is 11.2. The van der Waals surface area contributed by atoms with Gasteiger partial charge in [-0.05, 0) is 24.4 Å². The first-order valence-electron chi connectivity index (χ1n) is 10.4. The smallest absolute Gasteiger partial charge is 0.495 e. The van der Waals surface area contributed by atoms with Crippen molar-refractivity contribution >= 4 is 40.4 Å². The van der Waals surface area contributed by atoms with Crippen LogP contribution in [0.3, 0.4) is 0 Å². The van der Waals surface area contributed by atoms with Gasteiger partial charge in [0.2, 0.25) is 11.3 Å². The SMILES string of the molecule is CC#CC(=O)N1CC[C@H](n2cc(C#Cc3c(Cl)c(OC)cc(OC)c3Cl)c3c(N)nnc(O)[n+]32)C1. The Morgan fingerprint density at radius 2 is 1.91 bits per heavy atom. The van der Waals surface area contributed by atoms with Gasteiger partial charge in [0, 0.05) is 19.2 Å². The molecular formula is C23H21Cl2N6O4+. The number of hydrogen-bond donors (Lipinski definition) is 2. The largest absolute Gasteiger partial charge is 0.545 e. The van der Waals surface area contributed by atoms with Crippen LogP contribution in [-0.4, -0.2) is 58.1 Å². The second-order valence-corrected chi connectivity index (χ2v) is 8.33. The third-order valence-electron chi connectivity index (χ3n) is 5.59. The maximum atomic E-state index is 12.2. The third kappa shape index (κ3) is 4.34. The molecule has 35 heavy (non-hydrogen) atoms. The molecule has 4 rings (SSSR count). The van der Waals surface area contributed by atoms with E-state index in [9.17, 15) is 9.90 Å². The van der Waals surface area contributed by atoms with Crippen molar-refractivity contribution in [1.82, 2.24) is 19.8 Å². The molecule has 1 aromatic carbocycles. The predicted molar refractivity (Wildman–Crippen MR) is 128 cm³/mol. The fourth-order valence-corrected chi connectivity index (χ4v) is 4.53. The maximum Gasteiger partial charge on any atom is 0.545 e. The first kappa shape index (κ1) is 24.3. The molecule has 0 unspecified atom stereocenters. The van der Waals surface area contributed by atoms with Crippen LogP contribution in [0, 0.1) is 23.7 Å². The van der Waals surface area contributed by atoms with Crippen molar-refractivity contribution in [3.05, 3.63) is 33.4 Å². The summed E-state index contributed by atoms with van der Waals surface area (Å²) in [4.78, 5) is 13.9. The van der Waals surface area contributed by atoms with Crippen LogP contribution < -0.4 is 19.7 Å². The number of rotatable bonds is 3. The van der Waals surface area contributed by atoms with Gasteiger partial charge in [-0.25, -0.2) is 4.68 Å². The van der Waals surface area contributed by atoms with Crippen LogP contribution in [0.2, 0.25) is 10.0 Å². The Hall–Kier alpha value is -3.86. The van der Waals surface area contributed by atoms with Crippen LogP contribution in [-0.2, 0) is 4.79 Å². The van der Waals surface area contributed by atoms with E-state index in [2.05, 4.69) is 33.9 Å². The van der Waals surface area contributed by atoms with Gasteiger partial charge in [-0.15, -0.1) is 0 Å². The second-order valence-electron chi connectivity index (χ2n) is 7.57. The number of carbonyl (C=O) groups excluding carboxylic acids is 1. The summed E-state index contributed by atoms with van der Waals surface area (Å²) >= 11 is 12.9. The number of carbonyl (C=O) groups is 1. The molecule has 0 aliphatic carbocycles. The number of anilines is 1. The Balaban J connectivity index is 1.84. The number of likely N-dealkylation sites (tertiary alicyclic amines) is 1. The average molecular weight is 516 g/mol. The van der Waals surface area contributed by atoms with Gasteiger partial charge in [-0.2, -0.15) is 0 Å². The summed E-state index contributed by atoms with van der Waals surface area (Å²) in [5, 5.41) is 18.5. The Kier molecular flexibility index (Phi) is 6.79. The highest BCUT2D eigenvalue weighted by Crippen LogP contribution is 2.40. The molecule has 1 aliphatic rings. The zero-order valence-corrected chi connectivity index (χ0v) is 20.6. The van der Waals surface area contributed by atoms with Crippen molar-refractivity contribution in [1.29, 1.82) is 0 Å². The molecule has 12 heteroatoms. The topological polar surface area (TPSA) is 120 Å². The van der Waals surface area contributed by atoms with Gasteiger partial charge in [0.15, 0.2) is 0 Å². The van der Waals surface area contributed by atoms with Crippen LogP contribution in [0.25, 0.3) is 5.52 Å². The fraction of sp³-hybridized carbons (Fsp3) is 0.304. The molecule has 3 N–H and O–H groups in total. The zero-order chi connectivity index (χ0) is 25.3. The molecule has 1 aliphatic heterocycles. The number of hydrogen-bond acceptors (Lipinski definition) is 7. The Labute approximate surface area is 211 Å². The number of aromatic nitrogens is 4. The lowest BCUT2D eigenvalue weighted by Crippen LogP contribution is -2.38. The molecule has 1 atom stereocenters. The average Bonchev–Trinajstić information content (AvgIpc) is 3.48. The lowest BCUT2D eigenvalue weighted by molar-refractivity contribution is -0.624. The van der Waals surface area contributed by atoms with E-state index >= 15 is 0 Å². The lowest BCUT2D eigenvalue weighted by atomic mass is 10.1. The van der Waals surface area contributed by atoms with E-state index < -0.39 is 0 Å². The Bertz CT molecular complexity index is 1440. The van der Waals surface area contributed by atoms with Crippen LogP contribution in [0.4, 0.5) is 5.82 Å². The summed E-state index contributed by atoms with van der Waals surface area (Å²) in [6, 6.07) is 1.01. The van der Waals surface area contributed by atoms with E-state index in [0.717, 1.165) is 0 Å². The van der Waals surface area contributed by atoms with Crippen molar-refractivity contribution in [2.45, 2.75) is 19.4 Å². The minimum absolute atomic E-state index is 0.0639.